The van der Waals surface area contributed by atoms with Gasteiger partial charge in [0.25, 0.3) is 0 Å². The highest BCUT2D eigenvalue weighted by molar-refractivity contribution is 6.74. The fourth-order valence-electron chi connectivity index (χ4n) is 1.58. The Morgan fingerprint density at radius 2 is 1.94 bits per heavy atom. The van der Waals surface area contributed by atoms with Crippen LogP contribution in [0.2, 0.25) is 18.1 Å². The Balaban J connectivity index is 2.43. The van der Waals surface area contributed by atoms with Crippen molar-refractivity contribution in [2.75, 3.05) is 6.61 Å². The zero-order valence-corrected chi connectivity index (χ0v) is 12.9. The molecule has 0 radical (unpaired) electrons. The number of nitrogens with two attached hydrogens (primary N) is 1. The molecule has 3 heteroatoms. The van der Waals surface area contributed by atoms with Crippen molar-refractivity contribution >= 4 is 8.32 Å². The van der Waals surface area contributed by atoms with Gasteiger partial charge >= 0.3 is 0 Å². The predicted molar refractivity (Wildman–Crippen MR) is 77.6 cm³/mol. The molecule has 1 aliphatic carbocycles. The van der Waals surface area contributed by atoms with Crippen molar-refractivity contribution in [3.63, 3.8) is 0 Å². The van der Waals surface area contributed by atoms with Crippen molar-refractivity contribution in [2.24, 2.45) is 5.73 Å². The predicted octanol–water partition coefficient (Wildman–Crippen LogP) is 3.61. The van der Waals surface area contributed by atoms with E-state index in [1.807, 2.05) is 6.08 Å². The van der Waals surface area contributed by atoms with Crippen molar-refractivity contribution in [2.45, 2.75) is 57.3 Å². The Hall–Kier alpha value is -0.383. The highest BCUT2D eigenvalue weighted by Gasteiger charge is 2.37. The van der Waals surface area contributed by atoms with Crippen LogP contribution in [-0.4, -0.2) is 20.5 Å². The standard InChI is InChI=1S/C14H27NOSi/c1-13(2,3)17(4,5)16-12-11-14(15)9-7-6-8-10-14/h6-9H,10-12,15H2,1-5H3/t14-/m1/s1. The average molecular weight is 253 g/mol. The minimum atomic E-state index is -1.62. The summed E-state index contributed by atoms with van der Waals surface area (Å²) in [6.45, 7) is 12.1. The smallest absolute Gasteiger partial charge is 0.191 e. The van der Waals surface area contributed by atoms with Gasteiger partial charge in [0, 0.05) is 12.1 Å². The zero-order valence-electron chi connectivity index (χ0n) is 11.9. The van der Waals surface area contributed by atoms with Gasteiger partial charge in [-0.1, -0.05) is 45.1 Å². The molecule has 17 heavy (non-hydrogen) atoms. The lowest BCUT2D eigenvalue weighted by Gasteiger charge is -2.37. The molecule has 1 aliphatic rings. The van der Waals surface area contributed by atoms with Crippen LogP contribution in [0, 0.1) is 0 Å². The molecule has 0 bridgehead atoms. The van der Waals surface area contributed by atoms with Gasteiger partial charge in [0.15, 0.2) is 8.32 Å². The van der Waals surface area contributed by atoms with Crippen LogP contribution in [-0.2, 0) is 4.43 Å². The largest absolute Gasteiger partial charge is 0.417 e. The first kappa shape index (κ1) is 14.7. The molecule has 0 saturated heterocycles. The van der Waals surface area contributed by atoms with Crippen LogP contribution in [0.1, 0.15) is 33.6 Å². The summed E-state index contributed by atoms with van der Waals surface area (Å²) in [6.07, 6.45) is 10.1. The highest BCUT2D eigenvalue weighted by Crippen LogP contribution is 2.36. The SMILES string of the molecule is CC(C)(C)[Si](C)(C)OCC[C@@]1(N)C=CC=CC1. The molecule has 0 aromatic rings. The summed E-state index contributed by atoms with van der Waals surface area (Å²) >= 11 is 0. The van der Waals surface area contributed by atoms with E-state index in [1.54, 1.807) is 0 Å². The summed E-state index contributed by atoms with van der Waals surface area (Å²) in [4.78, 5) is 0. The maximum atomic E-state index is 6.29. The molecule has 2 nitrogen and oxygen atoms in total. The van der Waals surface area contributed by atoms with E-state index in [2.05, 4.69) is 52.1 Å². The van der Waals surface area contributed by atoms with E-state index in [0.29, 0.717) is 0 Å². The number of rotatable bonds is 4. The molecule has 0 amide bonds. The van der Waals surface area contributed by atoms with Gasteiger partial charge in [-0.2, -0.15) is 0 Å². The molecule has 2 N–H and O–H groups in total. The van der Waals surface area contributed by atoms with Crippen LogP contribution in [0.15, 0.2) is 24.3 Å². The van der Waals surface area contributed by atoms with Crippen LogP contribution in [0.3, 0.4) is 0 Å². The van der Waals surface area contributed by atoms with E-state index in [4.69, 9.17) is 10.2 Å². The molecule has 0 saturated carbocycles. The summed E-state index contributed by atoms with van der Waals surface area (Å²) < 4.78 is 6.16. The van der Waals surface area contributed by atoms with Gasteiger partial charge in [-0.3, -0.25) is 0 Å². The third-order valence-electron chi connectivity index (χ3n) is 4.01. The summed E-state index contributed by atoms with van der Waals surface area (Å²) in [5, 5.41) is 0.275. The second kappa shape index (κ2) is 5.08. The van der Waals surface area contributed by atoms with Crippen molar-refractivity contribution in [1.82, 2.24) is 0 Å². The quantitative estimate of drug-likeness (QED) is 0.777. The lowest BCUT2D eigenvalue weighted by atomic mass is 9.89. The van der Waals surface area contributed by atoms with Gasteiger partial charge in [0.1, 0.15) is 0 Å². The van der Waals surface area contributed by atoms with Crippen molar-refractivity contribution in [3.05, 3.63) is 24.3 Å². The van der Waals surface area contributed by atoms with E-state index in [9.17, 15) is 0 Å². The fraction of sp³-hybridized carbons (Fsp3) is 0.714. The minimum absolute atomic E-state index is 0.197. The summed E-state index contributed by atoms with van der Waals surface area (Å²) in [6, 6.07) is 0. The average Bonchev–Trinajstić information content (AvgIpc) is 2.16. The highest BCUT2D eigenvalue weighted by atomic mass is 28.4. The molecular weight excluding hydrogens is 226 g/mol. The molecule has 0 spiro atoms. The Morgan fingerprint density at radius 3 is 2.41 bits per heavy atom. The molecule has 0 unspecified atom stereocenters. The van der Waals surface area contributed by atoms with Crippen LogP contribution in [0.5, 0.6) is 0 Å². The molecule has 0 aromatic carbocycles. The van der Waals surface area contributed by atoms with E-state index in [0.717, 1.165) is 19.4 Å². The van der Waals surface area contributed by atoms with Gasteiger partial charge < -0.3 is 10.2 Å². The molecule has 0 aromatic heterocycles. The van der Waals surface area contributed by atoms with Crippen molar-refractivity contribution < 1.29 is 4.43 Å². The molecule has 0 heterocycles. The van der Waals surface area contributed by atoms with Gasteiger partial charge in [0.05, 0.1) is 0 Å². The Bertz CT molecular complexity index is 315. The maximum Gasteiger partial charge on any atom is 0.191 e. The summed E-state index contributed by atoms with van der Waals surface area (Å²) in [7, 11) is -1.62. The Morgan fingerprint density at radius 1 is 1.29 bits per heavy atom. The number of allylic oxidation sites excluding steroid dienone is 2. The molecular formula is C14H27NOSi. The lowest BCUT2D eigenvalue weighted by molar-refractivity contribution is 0.255. The van der Waals surface area contributed by atoms with Crippen LogP contribution >= 0.6 is 0 Å². The van der Waals surface area contributed by atoms with E-state index < -0.39 is 8.32 Å². The molecule has 1 atom stereocenters. The first-order valence-electron chi connectivity index (χ1n) is 6.44. The molecule has 98 valence electrons. The second-order valence-corrected chi connectivity index (χ2v) is 11.4. The van der Waals surface area contributed by atoms with Crippen LogP contribution < -0.4 is 5.73 Å². The second-order valence-electron chi connectivity index (χ2n) is 6.58. The van der Waals surface area contributed by atoms with Gasteiger partial charge in [-0.15, -0.1) is 0 Å². The maximum absolute atomic E-state index is 6.29. The van der Waals surface area contributed by atoms with Gasteiger partial charge in [0.2, 0.25) is 0 Å². The topological polar surface area (TPSA) is 35.2 Å². The zero-order chi connectivity index (χ0) is 13.2. The third kappa shape index (κ3) is 4.09. The van der Waals surface area contributed by atoms with E-state index in [-0.39, 0.29) is 10.6 Å². The van der Waals surface area contributed by atoms with E-state index in [1.165, 1.54) is 0 Å². The van der Waals surface area contributed by atoms with E-state index >= 15 is 0 Å². The lowest BCUT2D eigenvalue weighted by Crippen LogP contribution is -2.44. The molecule has 0 fully saturated rings. The van der Waals surface area contributed by atoms with Crippen LogP contribution in [0.4, 0.5) is 0 Å². The Kier molecular flexibility index (Phi) is 4.39. The normalized spacial score (nSPS) is 25.3. The van der Waals surface area contributed by atoms with Crippen molar-refractivity contribution in [1.29, 1.82) is 0 Å². The Labute approximate surface area is 107 Å². The first-order valence-corrected chi connectivity index (χ1v) is 9.34. The third-order valence-corrected chi connectivity index (χ3v) is 8.55. The first-order chi connectivity index (χ1) is 7.66. The van der Waals surface area contributed by atoms with Gasteiger partial charge in [-0.05, 0) is 31.0 Å². The van der Waals surface area contributed by atoms with Crippen LogP contribution in [0.25, 0.3) is 0 Å². The summed E-state index contributed by atoms with van der Waals surface area (Å²) in [5.74, 6) is 0. The fourth-order valence-corrected chi connectivity index (χ4v) is 2.62. The molecule has 0 aliphatic heterocycles. The summed E-state index contributed by atoms with van der Waals surface area (Å²) in [5.41, 5.74) is 6.10. The van der Waals surface area contributed by atoms with Crippen molar-refractivity contribution in [3.8, 4) is 0 Å². The number of hydrogen-bond donors (Lipinski definition) is 1. The monoisotopic (exact) mass is 253 g/mol. The molecule has 1 rings (SSSR count). The number of hydrogen-bond acceptors (Lipinski definition) is 2. The van der Waals surface area contributed by atoms with Gasteiger partial charge in [-0.25, -0.2) is 0 Å². The minimum Gasteiger partial charge on any atom is -0.417 e.